The first-order valence-corrected chi connectivity index (χ1v) is 8.57. The van der Waals surface area contributed by atoms with Gasteiger partial charge in [0.25, 0.3) is 0 Å². The first-order valence-electron chi connectivity index (χ1n) is 8.57. The molecule has 2 rings (SSSR count). The average molecular weight is 281 g/mol. The Balaban J connectivity index is 1.81. The topological polar surface area (TPSA) is 32.3 Å². The maximum Gasteiger partial charge on any atom is 0.0772 e. The minimum Gasteiger partial charge on any atom is -0.389 e. The van der Waals surface area contributed by atoms with Crippen LogP contribution in [0.25, 0.3) is 0 Å². The van der Waals surface area contributed by atoms with Crippen molar-refractivity contribution in [1.82, 2.24) is 5.32 Å². The van der Waals surface area contributed by atoms with Gasteiger partial charge in [-0.25, -0.2) is 0 Å². The Labute approximate surface area is 125 Å². The largest absolute Gasteiger partial charge is 0.389 e. The summed E-state index contributed by atoms with van der Waals surface area (Å²) >= 11 is 0. The van der Waals surface area contributed by atoms with E-state index in [0.717, 1.165) is 38.1 Å². The predicted molar refractivity (Wildman–Crippen MR) is 85.8 cm³/mol. The van der Waals surface area contributed by atoms with Crippen molar-refractivity contribution in [2.45, 2.75) is 91.2 Å². The third-order valence-corrected chi connectivity index (χ3v) is 5.92. The van der Waals surface area contributed by atoms with Gasteiger partial charge in [0, 0.05) is 12.6 Å². The normalized spacial score (nSPS) is 35.7. The molecule has 2 aliphatic carbocycles. The first kappa shape index (κ1) is 16.3. The fourth-order valence-electron chi connectivity index (χ4n) is 4.14. The fraction of sp³-hybridized carbons (Fsp3) is 1.00. The Morgan fingerprint density at radius 2 is 1.55 bits per heavy atom. The molecule has 2 aliphatic rings. The van der Waals surface area contributed by atoms with Gasteiger partial charge in [-0.1, -0.05) is 34.6 Å². The van der Waals surface area contributed by atoms with E-state index >= 15 is 0 Å². The van der Waals surface area contributed by atoms with Crippen LogP contribution < -0.4 is 5.32 Å². The molecule has 0 heterocycles. The van der Waals surface area contributed by atoms with Crippen molar-refractivity contribution in [2.24, 2.45) is 16.7 Å². The van der Waals surface area contributed by atoms with Crippen LogP contribution >= 0.6 is 0 Å². The van der Waals surface area contributed by atoms with Gasteiger partial charge in [0.15, 0.2) is 0 Å². The Kier molecular flexibility index (Phi) is 4.57. The van der Waals surface area contributed by atoms with E-state index in [1.54, 1.807) is 0 Å². The second kappa shape index (κ2) is 5.61. The molecule has 0 aliphatic heterocycles. The van der Waals surface area contributed by atoms with Gasteiger partial charge in [0.1, 0.15) is 0 Å². The van der Waals surface area contributed by atoms with E-state index in [4.69, 9.17) is 0 Å². The zero-order chi connectivity index (χ0) is 15.0. The highest BCUT2D eigenvalue weighted by molar-refractivity contribution is 4.93. The molecule has 2 unspecified atom stereocenters. The minimum atomic E-state index is -0.456. The van der Waals surface area contributed by atoms with E-state index in [2.05, 4.69) is 39.9 Å². The SMILES string of the molecule is CC1CC(C)(C)CCC1NCC1(O)CCC(C)(C)CC1. The van der Waals surface area contributed by atoms with Gasteiger partial charge in [0.05, 0.1) is 5.60 Å². The standard InChI is InChI=1S/C18H35NO/c1-14-12-17(4,5)7-6-15(14)19-13-18(20)10-8-16(2,3)9-11-18/h14-15,19-20H,6-13H2,1-5H3. The summed E-state index contributed by atoms with van der Waals surface area (Å²) in [5.41, 5.74) is 0.472. The number of nitrogens with one attached hydrogen (secondary N) is 1. The monoisotopic (exact) mass is 281 g/mol. The molecule has 2 atom stereocenters. The molecule has 2 N–H and O–H groups in total. The van der Waals surface area contributed by atoms with Crippen molar-refractivity contribution in [1.29, 1.82) is 0 Å². The zero-order valence-electron chi connectivity index (χ0n) is 14.3. The van der Waals surface area contributed by atoms with Crippen LogP contribution in [-0.2, 0) is 0 Å². The predicted octanol–water partition coefficient (Wildman–Crippen LogP) is 4.12. The zero-order valence-corrected chi connectivity index (χ0v) is 14.3. The minimum absolute atomic E-state index is 0.425. The van der Waals surface area contributed by atoms with Crippen LogP contribution in [0, 0.1) is 16.7 Å². The molecule has 0 aromatic heterocycles. The Hall–Kier alpha value is -0.0800. The molecule has 118 valence electrons. The third kappa shape index (κ3) is 4.21. The van der Waals surface area contributed by atoms with Crippen molar-refractivity contribution in [3.05, 3.63) is 0 Å². The van der Waals surface area contributed by atoms with Crippen LogP contribution in [0.3, 0.4) is 0 Å². The second-order valence-electron chi connectivity index (χ2n) is 9.26. The van der Waals surface area contributed by atoms with Gasteiger partial charge in [-0.2, -0.15) is 0 Å². The Morgan fingerprint density at radius 3 is 2.10 bits per heavy atom. The van der Waals surface area contributed by atoms with Crippen molar-refractivity contribution in [2.75, 3.05) is 6.54 Å². The summed E-state index contributed by atoms with van der Waals surface area (Å²) in [4.78, 5) is 0. The summed E-state index contributed by atoms with van der Waals surface area (Å²) in [7, 11) is 0. The smallest absolute Gasteiger partial charge is 0.0772 e. The molecule has 0 amide bonds. The molecular formula is C18H35NO. The summed E-state index contributed by atoms with van der Waals surface area (Å²) in [5.74, 6) is 0.724. The highest BCUT2D eigenvalue weighted by Gasteiger charge is 2.38. The van der Waals surface area contributed by atoms with E-state index in [1.807, 2.05) is 0 Å². The molecule has 0 bridgehead atoms. The molecule has 0 saturated heterocycles. The van der Waals surface area contributed by atoms with Crippen molar-refractivity contribution in [3.63, 3.8) is 0 Å². The number of hydrogen-bond acceptors (Lipinski definition) is 2. The number of aliphatic hydroxyl groups is 1. The van der Waals surface area contributed by atoms with Crippen LogP contribution in [0.5, 0.6) is 0 Å². The van der Waals surface area contributed by atoms with E-state index < -0.39 is 5.60 Å². The quantitative estimate of drug-likeness (QED) is 0.815. The molecule has 20 heavy (non-hydrogen) atoms. The molecule has 2 heteroatoms. The average Bonchev–Trinajstić information content (AvgIpc) is 2.32. The Bertz CT molecular complexity index is 324. The van der Waals surface area contributed by atoms with Gasteiger partial charge < -0.3 is 10.4 Å². The lowest BCUT2D eigenvalue weighted by atomic mass is 9.69. The van der Waals surface area contributed by atoms with Crippen LogP contribution in [0.4, 0.5) is 0 Å². The highest BCUT2D eigenvalue weighted by Crippen LogP contribution is 2.41. The number of rotatable bonds is 3. The van der Waals surface area contributed by atoms with Gasteiger partial charge >= 0.3 is 0 Å². The van der Waals surface area contributed by atoms with Crippen LogP contribution in [0.2, 0.25) is 0 Å². The molecule has 2 nitrogen and oxygen atoms in total. The molecule has 2 fully saturated rings. The summed E-state index contributed by atoms with van der Waals surface area (Å²) in [6.07, 6.45) is 8.09. The van der Waals surface area contributed by atoms with Crippen LogP contribution in [0.1, 0.15) is 79.6 Å². The Morgan fingerprint density at radius 1 is 0.950 bits per heavy atom. The molecule has 0 aromatic rings. The van der Waals surface area contributed by atoms with Gasteiger partial charge in [0.2, 0.25) is 0 Å². The lowest BCUT2D eigenvalue weighted by molar-refractivity contribution is -0.0292. The third-order valence-electron chi connectivity index (χ3n) is 5.92. The molecule has 0 spiro atoms. The van der Waals surface area contributed by atoms with Crippen LogP contribution in [-0.4, -0.2) is 23.3 Å². The second-order valence-corrected chi connectivity index (χ2v) is 9.26. The van der Waals surface area contributed by atoms with E-state index in [1.165, 1.54) is 19.3 Å². The summed E-state index contributed by atoms with van der Waals surface area (Å²) in [6, 6.07) is 0.599. The lowest BCUT2D eigenvalue weighted by Crippen LogP contribution is -2.50. The van der Waals surface area contributed by atoms with Crippen LogP contribution in [0.15, 0.2) is 0 Å². The summed E-state index contributed by atoms with van der Waals surface area (Å²) in [6.45, 7) is 12.6. The van der Waals surface area contributed by atoms with Gasteiger partial charge in [-0.15, -0.1) is 0 Å². The number of hydrogen-bond donors (Lipinski definition) is 2. The van der Waals surface area contributed by atoms with Crippen molar-refractivity contribution < 1.29 is 5.11 Å². The van der Waals surface area contributed by atoms with E-state index in [0.29, 0.717) is 16.9 Å². The van der Waals surface area contributed by atoms with Gasteiger partial charge in [-0.3, -0.25) is 0 Å². The van der Waals surface area contributed by atoms with Crippen molar-refractivity contribution in [3.8, 4) is 0 Å². The molecule has 2 saturated carbocycles. The summed E-state index contributed by atoms with van der Waals surface area (Å²) in [5, 5.41) is 14.5. The lowest BCUT2D eigenvalue weighted by Gasteiger charge is -2.43. The highest BCUT2D eigenvalue weighted by atomic mass is 16.3. The molecular weight excluding hydrogens is 246 g/mol. The maximum absolute atomic E-state index is 10.8. The van der Waals surface area contributed by atoms with E-state index in [-0.39, 0.29) is 0 Å². The first-order chi connectivity index (χ1) is 9.11. The maximum atomic E-state index is 10.8. The molecule has 0 aromatic carbocycles. The van der Waals surface area contributed by atoms with Crippen molar-refractivity contribution >= 4 is 0 Å². The molecule has 0 radical (unpaired) electrons. The fourth-order valence-corrected chi connectivity index (χ4v) is 4.14. The van der Waals surface area contributed by atoms with E-state index in [9.17, 15) is 5.11 Å². The summed E-state index contributed by atoms with van der Waals surface area (Å²) < 4.78 is 0. The van der Waals surface area contributed by atoms with Gasteiger partial charge in [-0.05, 0) is 61.7 Å².